The van der Waals surface area contributed by atoms with E-state index in [4.69, 9.17) is 9.47 Å². The van der Waals surface area contributed by atoms with Gasteiger partial charge in [-0.25, -0.2) is 0 Å². The van der Waals surface area contributed by atoms with Gasteiger partial charge in [0.05, 0.1) is 25.4 Å². The third-order valence-electron chi connectivity index (χ3n) is 5.54. The number of hydrogen-bond acceptors (Lipinski definition) is 4. The highest BCUT2D eigenvalue weighted by molar-refractivity contribution is 7.87. The molecule has 0 aliphatic heterocycles. The molecule has 0 spiro atoms. The molecule has 1 saturated carbocycles. The summed E-state index contributed by atoms with van der Waals surface area (Å²) in [6, 6.07) is 19.7. The van der Waals surface area contributed by atoms with Gasteiger partial charge < -0.3 is 9.47 Å². The van der Waals surface area contributed by atoms with Gasteiger partial charge >= 0.3 is 0 Å². The van der Waals surface area contributed by atoms with Crippen LogP contribution in [0.5, 0.6) is 0 Å². The third kappa shape index (κ3) is 5.89. The lowest BCUT2D eigenvalue weighted by Gasteiger charge is -2.32. The molecule has 0 heterocycles. The summed E-state index contributed by atoms with van der Waals surface area (Å²) in [5.74, 6) is 0.122. The molecule has 2 unspecified atom stereocenters. The van der Waals surface area contributed by atoms with Crippen LogP contribution in [0.2, 0.25) is 0 Å². The van der Waals surface area contributed by atoms with Crippen LogP contribution in [0, 0.1) is 5.92 Å². The molecule has 2 aromatic rings. The summed E-state index contributed by atoms with van der Waals surface area (Å²) < 4.78 is 45.0. The Balaban J connectivity index is 1.76. The van der Waals surface area contributed by atoms with Crippen LogP contribution in [-0.2, 0) is 32.8 Å². The van der Waals surface area contributed by atoms with Crippen molar-refractivity contribution >= 4 is 10.1 Å². The second kappa shape index (κ2) is 9.39. The van der Waals surface area contributed by atoms with Crippen LogP contribution in [0.3, 0.4) is 0 Å². The first-order valence-electron chi connectivity index (χ1n) is 10.1. The Hall–Kier alpha value is -1.73. The summed E-state index contributed by atoms with van der Waals surface area (Å²) in [6.07, 6.45) is 0.415. The Morgan fingerprint density at radius 3 is 1.79 bits per heavy atom. The maximum Gasteiger partial charge on any atom is 0.270 e. The normalized spacial score (nSPS) is 17.8. The van der Waals surface area contributed by atoms with Crippen LogP contribution < -0.4 is 0 Å². The zero-order valence-corrected chi connectivity index (χ0v) is 17.8. The monoisotopic (exact) mass is 418 g/mol. The van der Waals surface area contributed by atoms with Crippen LogP contribution in [0.25, 0.3) is 0 Å². The van der Waals surface area contributed by atoms with E-state index in [2.05, 4.69) is 0 Å². The first-order chi connectivity index (χ1) is 13.8. The minimum absolute atomic E-state index is 0.122. The summed E-state index contributed by atoms with van der Waals surface area (Å²) in [5.41, 5.74) is 2.07. The molecule has 0 aromatic heterocycles. The first-order valence-corrected chi connectivity index (χ1v) is 11.5. The molecule has 6 heteroatoms. The molecule has 1 aliphatic carbocycles. The zero-order chi connectivity index (χ0) is 20.9. The third-order valence-corrected chi connectivity index (χ3v) is 7.21. The van der Waals surface area contributed by atoms with Crippen molar-refractivity contribution in [3.8, 4) is 0 Å². The van der Waals surface area contributed by atoms with Crippen LogP contribution in [0.1, 0.15) is 44.2 Å². The molecule has 0 radical (unpaired) electrons. The highest BCUT2D eigenvalue weighted by Gasteiger charge is 2.56. The van der Waals surface area contributed by atoms with Crippen molar-refractivity contribution in [3.63, 3.8) is 0 Å². The zero-order valence-electron chi connectivity index (χ0n) is 17.0. The Kier molecular flexibility index (Phi) is 7.11. The van der Waals surface area contributed by atoms with Crippen molar-refractivity contribution in [2.45, 2.75) is 63.3 Å². The second-order valence-corrected chi connectivity index (χ2v) is 10.0. The molecule has 0 amide bonds. The molecule has 0 bridgehead atoms. The molecule has 3 rings (SSSR count). The highest BCUT2D eigenvalue weighted by atomic mass is 32.2. The largest absolute Gasteiger partial charge is 0.371 e. The molecule has 29 heavy (non-hydrogen) atoms. The molecule has 2 aromatic carbocycles. The van der Waals surface area contributed by atoms with E-state index in [0.29, 0.717) is 26.1 Å². The van der Waals surface area contributed by atoms with Crippen LogP contribution in [-0.4, -0.2) is 29.9 Å². The van der Waals surface area contributed by atoms with Crippen molar-refractivity contribution in [2.75, 3.05) is 0 Å². The minimum atomic E-state index is -4.13. The lowest BCUT2D eigenvalue weighted by molar-refractivity contribution is -0.108. The van der Waals surface area contributed by atoms with Crippen molar-refractivity contribution < 1.29 is 22.4 Å². The maximum atomic E-state index is 12.0. The average molecular weight is 419 g/mol. The number of benzene rings is 2. The van der Waals surface area contributed by atoms with E-state index in [1.807, 2.05) is 74.5 Å². The standard InChI is InChI=1S/C23H30O5S/c1-18(2)22(28-17-20-11-7-4-8-12-20)21(15-23(13-14-23)29(24,25)26)27-16-19-9-5-3-6-10-19/h3-12,18,21-22H,13-17H2,1-2H3,(H,24,25,26). The van der Waals surface area contributed by atoms with Gasteiger partial charge in [0.1, 0.15) is 4.75 Å². The van der Waals surface area contributed by atoms with Crippen LogP contribution in [0.15, 0.2) is 60.7 Å². The Bertz CT molecular complexity index is 861. The summed E-state index contributed by atoms with van der Waals surface area (Å²) >= 11 is 0. The highest BCUT2D eigenvalue weighted by Crippen LogP contribution is 2.48. The lowest BCUT2D eigenvalue weighted by atomic mass is 9.97. The van der Waals surface area contributed by atoms with E-state index in [0.717, 1.165) is 11.1 Å². The van der Waals surface area contributed by atoms with Crippen molar-refractivity contribution in [3.05, 3.63) is 71.8 Å². The van der Waals surface area contributed by atoms with Gasteiger partial charge in [-0.15, -0.1) is 0 Å². The van der Waals surface area contributed by atoms with E-state index in [-0.39, 0.29) is 18.4 Å². The van der Waals surface area contributed by atoms with Crippen molar-refractivity contribution in [1.29, 1.82) is 0 Å². The quantitative estimate of drug-likeness (QED) is 0.539. The summed E-state index contributed by atoms with van der Waals surface area (Å²) in [7, 11) is -4.13. The molecule has 2 atom stereocenters. The molecule has 1 N–H and O–H groups in total. The Labute approximate surface area is 173 Å². The molecule has 1 aliphatic rings. The van der Waals surface area contributed by atoms with E-state index in [1.165, 1.54) is 0 Å². The van der Waals surface area contributed by atoms with Gasteiger partial charge in [-0.2, -0.15) is 8.42 Å². The smallest absolute Gasteiger partial charge is 0.270 e. The Morgan fingerprint density at radius 2 is 1.38 bits per heavy atom. The van der Waals surface area contributed by atoms with Gasteiger partial charge in [0.15, 0.2) is 0 Å². The predicted molar refractivity (Wildman–Crippen MR) is 113 cm³/mol. The topological polar surface area (TPSA) is 72.8 Å². The molecule has 5 nitrogen and oxygen atoms in total. The molecule has 1 fully saturated rings. The first kappa shape index (κ1) is 22.0. The van der Waals surface area contributed by atoms with E-state index in [9.17, 15) is 13.0 Å². The number of rotatable bonds is 11. The van der Waals surface area contributed by atoms with Crippen molar-refractivity contribution in [1.82, 2.24) is 0 Å². The second-order valence-electron chi connectivity index (χ2n) is 8.20. The fourth-order valence-electron chi connectivity index (χ4n) is 3.62. The number of hydrogen-bond donors (Lipinski definition) is 1. The molecule has 0 saturated heterocycles. The van der Waals surface area contributed by atoms with Crippen LogP contribution >= 0.6 is 0 Å². The average Bonchev–Trinajstić information content (AvgIpc) is 3.48. The fourth-order valence-corrected chi connectivity index (χ4v) is 4.61. The molecular formula is C23H30O5S. The van der Waals surface area contributed by atoms with Gasteiger partial charge in [0.25, 0.3) is 10.1 Å². The summed E-state index contributed by atoms with van der Waals surface area (Å²) in [6.45, 7) is 4.88. The van der Waals surface area contributed by atoms with Crippen molar-refractivity contribution in [2.24, 2.45) is 5.92 Å². The van der Waals surface area contributed by atoms with Crippen LogP contribution in [0.4, 0.5) is 0 Å². The number of ether oxygens (including phenoxy) is 2. The SMILES string of the molecule is CC(C)C(OCc1ccccc1)C(CC1(S(=O)(=O)O)CC1)OCc1ccccc1. The van der Waals surface area contributed by atoms with E-state index in [1.54, 1.807) is 0 Å². The van der Waals surface area contributed by atoms with Gasteiger partial charge in [-0.3, -0.25) is 4.55 Å². The van der Waals surface area contributed by atoms with Gasteiger partial charge in [0.2, 0.25) is 0 Å². The van der Waals surface area contributed by atoms with Gasteiger partial charge in [-0.05, 0) is 36.3 Å². The predicted octanol–water partition coefficient (Wildman–Crippen LogP) is 4.62. The fraction of sp³-hybridized carbons (Fsp3) is 0.478. The van der Waals surface area contributed by atoms with E-state index < -0.39 is 21.0 Å². The molecular weight excluding hydrogens is 388 g/mol. The molecule has 158 valence electrons. The van der Waals surface area contributed by atoms with Gasteiger partial charge in [-0.1, -0.05) is 74.5 Å². The minimum Gasteiger partial charge on any atom is -0.371 e. The Morgan fingerprint density at radius 1 is 0.897 bits per heavy atom. The maximum absolute atomic E-state index is 12.0. The van der Waals surface area contributed by atoms with E-state index >= 15 is 0 Å². The summed E-state index contributed by atoms with van der Waals surface area (Å²) in [4.78, 5) is 0. The lowest BCUT2D eigenvalue weighted by Crippen LogP contribution is -2.40. The summed E-state index contributed by atoms with van der Waals surface area (Å²) in [5, 5.41) is 0. The van der Waals surface area contributed by atoms with Gasteiger partial charge in [0, 0.05) is 0 Å².